The standard InChI is InChI=1S/C15H14ClFN2/c1-9-8-10(6-7-12(9)17)15-18-13-5-3-2-4-11(13)14(16)19-15/h6-8H,2-5H2,1H3. The molecule has 0 bridgehead atoms. The van der Waals surface area contributed by atoms with E-state index in [1.54, 1.807) is 19.1 Å². The van der Waals surface area contributed by atoms with Gasteiger partial charge in [0.15, 0.2) is 5.82 Å². The van der Waals surface area contributed by atoms with Gasteiger partial charge in [0.1, 0.15) is 11.0 Å². The van der Waals surface area contributed by atoms with Gasteiger partial charge in [0.25, 0.3) is 0 Å². The molecule has 0 spiro atoms. The minimum absolute atomic E-state index is 0.215. The minimum Gasteiger partial charge on any atom is -0.233 e. The lowest BCUT2D eigenvalue weighted by molar-refractivity contribution is 0.618. The fraction of sp³-hybridized carbons (Fsp3) is 0.333. The average molecular weight is 277 g/mol. The average Bonchev–Trinajstić information content (AvgIpc) is 2.42. The van der Waals surface area contributed by atoms with Gasteiger partial charge in [0, 0.05) is 16.8 Å². The van der Waals surface area contributed by atoms with E-state index < -0.39 is 0 Å². The van der Waals surface area contributed by atoms with E-state index in [0.29, 0.717) is 16.5 Å². The summed E-state index contributed by atoms with van der Waals surface area (Å²) >= 11 is 6.24. The highest BCUT2D eigenvalue weighted by molar-refractivity contribution is 6.30. The summed E-state index contributed by atoms with van der Waals surface area (Å²) in [6.07, 6.45) is 4.19. The number of rotatable bonds is 1. The van der Waals surface area contributed by atoms with Crippen LogP contribution in [0.25, 0.3) is 11.4 Å². The van der Waals surface area contributed by atoms with Gasteiger partial charge in [0.2, 0.25) is 0 Å². The van der Waals surface area contributed by atoms with Gasteiger partial charge in [-0.1, -0.05) is 11.6 Å². The van der Waals surface area contributed by atoms with E-state index in [-0.39, 0.29) is 5.82 Å². The highest BCUT2D eigenvalue weighted by Crippen LogP contribution is 2.28. The zero-order valence-electron chi connectivity index (χ0n) is 10.7. The number of nitrogens with zero attached hydrogens (tertiary/aromatic N) is 2. The number of benzene rings is 1. The van der Waals surface area contributed by atoms with Crippen LogP contribution < -0.4 is 0 Å². The lowest BCUT2D eigenvalue weighted by atomic mass is 9.97. The van der Waals surface area contributed by atoms with Crippen molar-refractivity contribution < 1.29 is 4.39 Å². The molecule has 0 unspecified atom stereocenters. The molecule has 2 aromatic rings. The van der Waals surface area contributed by atoms with Crippen LogP contribution in [0, 0.1) is 12.7 Å². The van der Waals surface area contributed by atoms with Crippen LogP contribution in [0.4, 0.5) is 4.39 Å². The number of fused-ring (bicyclic) bond motifs is 1. The van der Waals surface area contributed by atoms with E-state index >= 15 is 0 Å². The van der Waals surface area contributed by atoms with Crippen molar-refractivity contribution in [3.8, 4) is 11.4 Å². The first-order valence-corrected chi connectivity index (χ1v) is 6.85. The summed E-state index contributed by atoms with van der Waals surface area (Å²) in [7, 11) is 0. The summed E-state index contributed by atoms with van der Waals surface area (Å²) < 4.78 is 13.3. The van der Waals surface area contributed by atoms with Crippen molar-refractivity contribution >= 4 is 11.6 Å². The molecule has 1 aromatic carbocycles. The lowest BCUT2D eigenvalue weighted by Crippen LogP contribution is -2.08. The van der Waals surface area contributed by atoms with Crippen molar-refractivity contribution in [2.45, 2.75) is 32.6 Å². The molecule has 0 saturated carbocycles. The number of hydrogen-bond acceptors (Lipinski definition) is 2. The Bertz CT molecular complexity index is 640. The van der Waals surface area contributed by atoms with Gasteiger partial charge in [-0.25, -0.2) is 14.4 Å². The zero-order valence-corrected chi connectivity index (χ0v) is 11.5. The van der Waals surface area contributed by atoms with Crippen LogP contribution >= 0.6 is 11.6 Å². The van der Waals surface area contributed by atoms with Crippen molar-refractivity contribution in [2.24, 2.45) is 0 Å². The molecule has 0 saturated heterocycles. The predicted molar refractivity (Wildman–Crippen MR) is 73.8 cm³/mol. The third-order valence-corrected chi connectivity index (χ3v) is 3.86. The summed E-state index contributed by atoms with van der Waals surface area (Å²) in [4.78, 5) is 8.96. The number of aryl methyl sites for hydroxylation is 2. The maximum Gasteiger partial charge on any atom is 0.161 e. The van der Waals surface area contributed by atoms with Crippen LogP contribution in [0.2, 0.25) is 5.15 Å². The molecule has 3 rings (SSSR count). The van der Waals surface area contributed by atoms with Crippen LogP contribution in [0.1, 0.15) is 29.7 Å². The van der Waals surface area contributed by atoms with Crippen molar-refractivity contribution in [3.63, 3.8) is 0 Å². The summed E-state index contributed by atoms with van der Waals surface area (Å²) in [6.45, 7) is 1.73. The Morgan fingerprint density at radius 1 is 1.16 bits per heavy atom. The Kier molecular flexibility index (Phi) is 3.23. The number of halogens is 2. The van der Waals surface area contributed by atoms with E-state index in [0.717, 1.165) is 42.5 Å². The summed E-state index contributed by atoms with van der Waals surface area (Å²) in [5.74, 6) is 0.376. The molecule has 1 aliphatic rings. The van der Waals surface area contributed by atoms with Crippen LogP contribution in [-0.4, -0.2) is 9.97 Å². The van der Waals surface area contributed by atoms with Crippen LogP contribution in [-0.2, 0) is 12.8 Å². The van der Waals surface area contributed by atoms with Gasteiger partial charge in [-0.2, -0.15) is 0 Å². The first-order valence-electron chi connectivity index (χ1n) is 6.47. The van der Waals surface area contributed by atoms with Crippen molar-refractivity contribution in [2.75, 3.05) is 0 Å². The maximum absolute atomic E-state index is 13.3. The van der Waals surface area contributed by atoms with Crippen LogP contribution in [0.3, 0.4) is 0 Å². The Morgan fingerprint density at radius 2 is 1.95 bits per heavy atom. The van der Waals surface area contributed by atoms with Gasteiger partial charge >= 0.3 is 0 Å². The molecule has 0 fully saturated rings. The van der Waals surface area contributed by atoms with Gasteiger partial charge in [0.05, 0.1) is 0 Å². The molecule has 0 N–H and O–H groups in total. The van der Waals surface area contributed by atoms with Gasteiger partial charge < -0.3 is 0 Å². The molecule has 0 aliphatic heterocycles. The molecule has 0 radical (unpaired) electrons. The van der Waals surface area contributed by atoms with E-state index in [4.69, 9.17) is 11.6 Å². The second-order valence-corrected chi connectivity index (χ2v) is 5.29. The van der Waals surface area contributed by atoms with E-state index in [9.17, 15) is 4.39 Å². The Balaban J connectivity index is 2.10. The summed E-state index contributed by atoms with van der Waals surface area (Å²) in [6, 6.07) is 4.90. The van der Waals surface area contributed by atoms with E-state index in [2.05, 4.69) is 9.97 Å². The second-order valence-electron chi connectivity index (χ2n) is 4.93. The predicted octanol–water partition coefficient (Wildman–Crippen LogP) is 4.12. The zero-order chi connectivity index (χ0) is 13.4. The largest absolute Gasteiger partial charge is 0.233 e. The van der Waals surface area contributed by atoms with E-state index in [1.807, 2.05) is 0 Å². The topological polar surface area (TPSA) is 25.8 Å². The van der Waals surface area contributed by atoms with Crippen LogP contribution in [0.5, 0.6) is 0 Å². The third-order valence-electron chi connectivity index (χ3n) is 3.55. The highest BCUT2D eigenvalue weighted by Gasteiger charge is 2.17. The summed E-state index contributed by atoms with van der Waals surface area (Å²) in [5, 5.41) is 0.543. The molecule has 4 heteroatoms. The number of hydrogen-bond donors (Lipinski definition) is 0. The smallest absolute Gasteiger partial charge is 0.161 e. The lowest BCUT2D eigenvalue weighted by Gasteiger charge is -2.16. The molecule has 1 aromatic heterocycles. The molecule has 19 heavy (non-hydrogen) atoms. The normalized spacial score (nSPS) is 14.3. The van der Waals surface area contributed by atoms with Gasteiger partial charge in [-0.3, -0.25) is 0 Å². The SMILES string of the molecule is Cc1cc(-c2nc(Cl)c3c(n2)CCCC3)ccc1F. The molecule has 1 aliphatic carbocycles. The fourth-order valence-electron chi connectivity index (χ4n) is 2.46. The quantitative estimate of drug-likeness (QED) is 0.732. The molecular weight excluding hydrogens is 263 g/mol. The van der Waals surface area contributed by atoms with Crippen molar-refractivity contribution in [3.05, 3.63) is 46.0 Å². The Labute approximate surface area is 116 Å². The molecule has 0 amide bonds. The summed E-state index contributed by atoms with van der Waals surface area (Å²) in [5.41, 5.74) is 3.53. The Hall–Kier alpha value is -1.48. The third kappa shape index (κ3) is 2.35. The van der Waals surface area contributed by atoms with Gasteiger partial charge in [-0.15, -0.1) is 0 Å². The Morgan fingerprint density at radius 3 is 2.74 bits per heavy atom. The van der Waals surface area contributed by atoms with E-state index in [1.165, 1.54) is 6.07 Å². The first-order chi connectivity index (χ1) is 9.15. The minimum atomic E-state index is -0.215. The maximum atomic E-state index is 13.3. The fourth-order valence-corrected chi connectivity index (χ4v) is 2.74. The molecule has 1 heterocycles. The molecule has 2 nitrogen and oxygen atoms in total. The van der Waals surface area contributed by atoms with Crippen molar-refractivity contribution in [1.29, 1.82) is 0 Å². The highest BCUT2D eigenvalue weighted by atomic mass is 35.5. The first kappa shape index (κ1) is 12.5. The molecular formula is C15H14ClFN2. The van der Waals surface area contributed by atoms with Crippen molar-refractivity contribution in [1.82, 2.24) is 9.97 Å². The molecule has 98 valence electrons. The second kappa shape index (κ2) is 4.89. The monoisotopic (exact) mass is 276 g/mol. The van der Waals surface area contributed by atoms with Gasteiger partial charge in [-0.05, 0) is 56.4 Å². The number of aromatic nitrogens is 2. The molecule has 0 atom stereocenters. The van der Waals surface area contributed by atoms with Crippen LogP contribution in [0.15, 0.2) is 18.2 Å².